The molecule has 0 amide bonds. The summed E-state index contributed by atoms with van der Waals surface area (Å²) in [7, 11) is -0.105. The molecule has 0 saturated heterocycles. The monoisotopic (exact) mass is 240 g/mol. The zero-order chi connectivity index (χ0) is 13.3. The van der Waals surface area contributed by atoms with Gasteiger partial charge in [-0.2, -0.15) is 0 Å². The SMILES string of the molecule is CCCC/C(C)=C\CB(OC(C)C)OC(C)C. The second-order valence-corrected chi connectivity index (χ2v) is 5.19. The van der Waals surface area contributed by atoms with Crippen LogP contribution >= 0.6 is 0 Å². The highest BCUT2D eigenvalue weighted by molar-refractivity contribution is 6.45. The predicted molar refractivity (Wildman–Crippen MR) is 76.3 cm³/mol. The van der Waals surface area contributed by atoms with E-state index in [1.165, 1.54) is 24.8 Å². The van der Waals surface area contributed by atoms with Gasteiger partial charge in [0.25, 0.3) is 0 Å². The van der Waals surface area contributed by atoms with E-state index in [4.69, 9.17) is 9.31 Å². The average molecular weight is 240 g/mol. The number of unbranched alkanes of at least 4 members (excludes halogenated alkanes) is 1. The largest absolute Gasteiger partial charge is 0.461 e. The van der Waals surface area contributed by atoms with Crippen molar-refractivity contribution in [1.29, 1.82) is 0 Å². The maximum Gasteiger partial charge on any atom is 0.461 e. The number of allylic oxidation sites excluding steroid dienone is 2. The molecule has 0 aromatic carbocycles. The Labute approximate surface area is 108 Å². The molecule has 0 atom stereocenters. The lowest BCUT2D eigenvalue weighted by Gasteiger charge is -2.18. The molecule has 0 bridgehead atoms. The summed E-state index contributed by atoms with van der Waals surface area (Å²) in [5.41, 5.74) is 1.44. The highest BCUT2D eigenvalue weighted by Gasteiger charge is 2.19. The lowest BCUT2D eigenvalue weighted by molar-refractivity contribution is 0.131. The fourth-order valence-electron chi connectivity index (χ4n) is 1.61. The summed E-state index contributed by atoms with van der Waals surface area (Å²) in [4.78, 5) is 0. The maximum atomic E-state index is 5.75. The molecule has 3 heteroatoms. The third-order valence-corrected chi connectivity index (χ3v) is 2.43. The molecule has 0 aliphatic carbocycles. The number of hydrogen-bond acceptors (Lipinski definition) is 2. The molecular weight excluding hydrogens is 211 g/mol. The third kappa shape index (κ3) is 10.6. The van der Waals surface area contributed by atoms with Crippen LogP contribution in [0.1, 0.15) is 60.8 Å². The summed E-state index contributed by atoms with van der Waals surface area (Å²) in [5, 5.41) is 0. The lowest BCUT2D eigenvalue weighted by Crippen LogP contribution is -2.28. The zero-order valence-corrected chi connectivity index (χ0v) is 12.5. The van der Waals surface area contributed by atoms with Crippen LogP contribution in [-0.2, 0) is 9.31 Å². The first-order chi connectivity index (χ1) is 7.95. The van der Waals surface area contributed by atoms with Crippen molar-refractivity contribution >= 4 is 7.12 Å². The van der Waals surface area contributed by atoms with Crippen molar-refractivity contribution in [1.82, 2.24) is 0 Å². The van der Waals surface area contributed by atoms with E-state index in [0.29, 0.717) is 0 Å². The van der Waals surface area contributed by atoms with E-state index in [2.05, 4.69) is 19.9 Å². The summed E-state index contributed by atoms with van der Waals surface area (Å²) < 4.78 is 11.5. The first-order valence-electron chi connectivity index (χ1n) is 6.92. The minimum Gasteiger partial charge on any atom is -0.409 e. The van der Waals surface area contributed by atoms with E-state index in [0.717, 1.165) is 6.32 Å². The number of hydrogen-bond donors (Lipinski definition) is 0. The van der Waals surface area contributed by atoms with Crippen LogP contribution in [0.25, 0.3) is 0 Å². The summed E-state index contributed by atoms with van der Waals surface area (Å²) in [6, 6.07) is 0. The molecule has 0 heterocycles. The van der Waals surface area contributed by atoms with Gasteiger partial charge in [0, 0.05) is 18.5 Å². The van der Waals surface area contributed by atoms with Gasteiger partial charge in [0.2, 0.25) is 0 Å². The highest BCUT2D eigenvalue weighted by atomic mass is 16.6. The Morgan fingerprint density at radius 2 is 1.65 bits per heavy atom. The Morgan fingerprint density at radius 1 is 1.12 bits per heavy atom. The molecule has 0 aliphatic heterocycles. The molecule has 17 heavy (non-hydrogen) atoms. The van der Waals surface area contributed by atoms with Crippen LogP contribution in [0.4, 0.5) is 0 Å². The van der Waals surface area contributed by atoms with Crippen LogP contribution < -0.4 is 0 Å². The quantitative estimate of drug-likeness (QED) is 0.437. The lowest BCUT2D eigenvalue weighted by atomic mass is 9.82. The normalized spacial score (nSPS) is 12.6. The first-order valence-corrected chi connectivity index (χ1v) is 6.92. The third-order valence-electron chi connectivity index (χ3n) is 2.43. The van der Waals surface area contributed by atoms with Crippen molar-refractivity contribution in [3.63, 3.8) is 0 Å². The summed E-state index contributed by atoms with van der Waals surface area (Å²) in [6.07, 6.45) is 7.23. The average Bonchev–Trinajstić information content (AvgIpc) is 2.21. The van der Waals surface area contributed by atoms with Gasteiger partial charge in [-0.3, -0.25) is 0 Å². The van der Waals surface area contributed by atoms with Crippen LogP contribution in [0.3, 0.4) is 0 Å². The standard InChI is InChI=1S/C14H29BO2/c1-7-8-9-14(6)10-11-15(16-12(2)3)17-13(4)5/h10,12-13H,7-9,11H2,1-6H3/b14-10-. The van der Waals surface area contributed by atoms with Gasteiger partial charge in [0.05, 0.1) is 0 Å². The maximum absolute atomic E-state index is 5.75. The molecule has 0 saturated carbocycles. The van der Waals surface area contributed by atoms with Crippen LogP contribution in [0.2, 0.25) is 6.32 Å². The molecular formula is C14H29BO2. The molecule has 0 rings (SSSR count). The van der Waals surface area contributed by atoms with Crippen molar-refractivity contribution in [2.75, 3.05) is 0 Å². The predicted octanol–water partition coefficient (Wildman–Crippen LogP) is 4.46. The van der Waals surface area contributed by atoms with E-state index in [1.54, 1.807) is 0 Å². The molecule has 0 unspecified atom stereocenters. The fraction of sp³-hybridized carbons (Fsp3) is 0.857. The fourth-order valence-corrected chi connectivity index (χ4v) is 1.61. The molecule has 0 spiro atoms. The van der Waals surface area contributed by atoms with Crippen molar-refractivity contribution in [3.05, 3.63) is 11.6 Å². The van der Waals surface area contributed by atoms with Crippen molar-refractivity contribution in [2.45, 2.75) is 79.3 Å². The molecule has 0 radical (unpaired) electrons. The van der Waals surface area contributed by atoms with Crippen LogP contribution in [0, 0.1) is 0 Å². The van der Waals surface area contributed by atoms with Gasteiger partial charge < -0.3 is 9.31 Å². The van der Waals surface area contributed by atoms with Gasteiger partial charge >= 0.3 is 7.12 Å². The van der Waals surface area contributed by atoms with Gasteiger partial charge in [-0.05, 0) is 47.5 Å². The molecule has 0 N–H and O–H groups in total. The molecule has 100 valence electrons. The Balaban J connectivity index is 4.12. The number of rotatable bonds is 9. The Morgan fingerprint density at radius 3 is 2.06 bits per heavy atom. The highest BCUT2D eigenvalue weighted by Crippen LogP contribution is 2.11. The molecule has 0 aromatic heterocycles. The van der Waals surface area contributed by atoms with Gasteiger partial charge in [-0.15, -0.1) is 0 Å². The van der Waals surface area contributed by atoms with Gasteiger partial charge in [0.15, 0.2) is 0 Å². The van der Waals surface area contributed by atoms with Crippen molar-refractivity contribution in [3.8, 4) is 0 Å². The second kappa shape index (κ2) is 9.72. The van der Waals surface area contributed by atoms with E-state index >= 15 is 0 Å². The Bertz CT molecular complexity index is 202. The Hall–Kier alpha value is -0.275. The van der Waals surface area contributed by atoms with E-state index in [9.17, 15) is 0 Å². The summed E-state index contributed by atoms with van der Waals surface area (Å²) in [5.74, 6) is 0. The van der Waals surface area contributed by atoms with E-state index in [-0.39, 0.29) is 19.3 Å². The second-order valence-electron chi connectivity index (χ2n) is 5.19. The zero-order valence-electron chi connectivity index (χ0n) is 12.5. The van der Waals surface area contributed by atoms with Gasteiger partial charge in [-0.25, -0.2) is 0 Å². The smallest absolute Gasteiger partial charge is 0.409 e. The first kappa shape index (κ1) is 16.7. The van der Waals surface area contributed by atoms with E-state index in [1.807, 2.05) is 27.7 Å². The molecule has 0 aliphatic rings. The van der Waals surface area contributed by atoms with Crippen LogP contribution in [0.15, 0.2) is 11.6 Å². The van der Waals surface area contributed by atoms with Crippen molar-refractivity contribution in [2.24, 2.45) is 0 Å². The minimum absolute atomic E-state index is 0.105. The minimum atomic E-state index is -0.105. The summed E-state index contributed by atoms with van der Waals surface area (Å²) >= 11 is 0. The van der Waals surface area contributed by atoms with E-state index < -0.39 is 0 Å². The molecule has 0 aromatic rings. The molecule has 0 fully saturated rings. The van der Waals surface area contributed by atoms with Crippen LogP contribution in [0.5, 0.6) is 0 Å². The van der Waals surface area contributed by atoms with Crippen LogP contribution in [-0.4, -0.2) is 19.3 Å². The summed E-state index contributed by atoms with van der Waals surface area (Å²) in [6.45, 7) is 12.6. The topological polar surface area (TPSA) is 18.5 Å². The van der Waals surface area contributed by atoms with Crippen molar-refractivity contribution < 1.29 is 9.31 Å². The Kier molecular flexibility index (Phi) is 9.57. The molecule has 2 nitrogen and oxygen atoms in total. The van der Waals surface area contributed by atoms with Gasteiger partial charge in [-0.1, -0.05) is 25.0 Å². The van der Waals surface area contributed by atoms with Gasteiger partial charge in [0.1, 0.15) is 0 Å².